The van der Waals surface area contributed by atoms with Gasteiger partial charge in [-0.05, 0) is 50.5 Å². The van der Waals surface area contributed by atoms with Crippen LogP contribution in [-0.2, 0) is 0 Å². The standard InChI is InChI=1S/C19H22O3/c1-4-17-10-18(13-21)12-19(11-17)22-14-16(3)7-5-6-15(2)8-9-20/h1,7-8,10-13,20H,5-6,9,14H2,2-3H3. The van der Waals surface area contributed by atoms with Gasteiger partial charge >= 0.3 is 0 Å². The van der Waals surface area contributed by atoms with Crippen molar-refractivity contribution in [2.75, 3.05) is 13.2 Å². The first-order valence-corrected chi connectivity index (χ1v) is 7.21. The molecule has 22 heavy (non-hydrogen) atoms. The van der Waals surface area contributed by atoms with Crippen LogP contribution in [0.25, 0.3) is 0 Å². The summed E-state index contributed by atoms with van der Waals surface area (Å²) >= 11 is 0. The maximum Gasteiger partial charge on any atom is 0.150 e. The topological polar surface area (TPSA) is 46.5 Å². The van der Waals surface area contributed by atoms with Gasteiger partial charge in [-0.2, -0.15) is 0 Å². The van der Waals surface area contributed by atoms with E-state index in [-0.39, 0.29) is 6.61 Å². The van der Waals surface area contributed by atoms with E-state index in [1.54, 1.807) is 18.2 Å². The molecular formula is C19H22O3. The van der Waals surface area contributed by atoms with E-state index in [9.17, 15) is 4.79 Å². The van der Waals surface area contributed by atoms with E-state index < -0.39 is 0 Å². The highest BCUT2D eigenvalue weighted by molar-refractivity contribution is 5.76. The van der Waals surface area contributed by atoms with Gasteiger partial charge in [0.2, 0.25) is 0 Å². The predicted molar refractivity (Wildman–Crippen MR) is 89.1 cm³/mol. The van der Waals surface area contributed by atoms with Crippen LogP contribution in [0.15, 0.2) is 41.5 Å². The molecule has 0 saturated carbocycles. The Morgan fingerprint density at radius 1 is 1.27 bits per heavy atom. The summed E-state index contributed by atoms with van der Waals surface area (Å²) in [6, 6.07) is 5.07. The molecule has 0 saturated heterocycles. The van der Waals surface area contributed by atoms with Crippen molar-refractivity contribution in [3.05, 3.63) is 52.6 Å². The van der Waals surface area contributed by atoms with Crippen molar-refractivity contribution in [1.29, 1.82) is 0 Å². The summed E-state index contributed by atoms with van der Waals surface area (Å²) in [5, 5.41) is 8.79. The molecule has 3 heteroatoms. The zero-order valence-corrected chi connectivity index (χ0v) is 13.1. The molecule has 0 aromatic heterocycles. The molecule has 0 spiro atoms. The minimum Gasteiger partial charge on any atom is -0.489 e. The Labute approximate surface area is 132 Å². The summed E-state index contributed by atoms with van der Waals surface area (Å²) in [4.78, 5) is 10.9. The van der Waals surface area contributed by atoms with Crippen molar-refractivity contribution in [2.45, 2.75) is 26.7 Å². The minimum atomic E-state index is 0.0855. The number of aliphatic hydroxyl groups is 1. The summed E-state index contributed by atoms with van der Waals surface area (Å²) in [6.07, 6.45) is 11.9. The number of aldehydes is 1. The van der Waals surface area contributed by atoms with Crippen molar-refractivity contribution >= 4 is 6.29 Å². The Kier molecular flexibility index (Phi) is 7.74. The van der Waals surface area contributed by atoms with Crippen LogP contribution in [0.4, 0.5) is 0 Å². The maximum absolute atomic E-state index is 10.9. The lowest BCUT2D eigenvalue weighted by atomic mass is 10.1. The number of hydrogen-bond donors (Lipinski definition) is 1. The molecule has 3 nitrogen and oxygen atoms in total. The SMILES string of the molecule is C#Cc1cc(C=O)cc(OCC(C)=CCCC(C)=CCO)c1. The van der Waals surface area contributed by atoms with E-state index in [2.05, 4.69) is 12.0 Å². The highest BCUT2D eigenvalue weighted by Crippen LogP contribution is 2.17. The first kappa shape index (κ1) is 17.7. The molecule has 0 amide bonds. The Hall–Kier alpha value is -2.31. The smallest absolute Gasteiger partial charge is 0.150 e. The highest BCUT2D eigenvalue weighted by atomic mass is 16.5. The Balaban J connectivity index is 2.57. The van der Waals surface area contributed by atoms with E-state index in [0.29, 0.717) is 23.5 Å². The van der Waals surface area contributed by atoms with Gasteiger partial charge in [-0.15, -0.1) is 6.42 Å². The molecule has 1 aromatic rings. The second-order valence-electron chi connectivity index (χ2n) is 5.16. The number of carbonyl (C=O) groups excluding carboxylic acids is 1. The number of aliphatic hydroxyl groups excluding tert-OH is 1. The third-order valence-electron chi connectivity index (χ3n) is 3.17. The molecule has 0 fully saturated rings. The second kappa shape index (κ2) is 9.59. The molecule has 0 aliphatic rings. The van der Waals surface area contributed by atoms with Gasteiger partial charge in [0.25, 0.3) is 0 Å². The van der Waals surface area contributed by atoms with Crippen molar-refractivity contribution in [3.8, 4) is 18.1 Å². The summed E-state index contributed by atoms with van der Waals surface area (Å²) in [5.74, 6) is 3.11. The van der Waals surface area contributed by atoms with Crippen LogP contribution < -0.4 is 4.74 Å². The summed E-state index contributed by atoms with van der Waals surface area (Å²) in [7, 11) is 0. The Morgan fingerprint density at radius 3 is 2.68 bits per heavy atom. The molecular weight excluding hydrogens is 276 g/mol. The first-order chi connectivity index (χ1) is 10.6. The average Bonchev–Trinajstić information content (AvgIpc) is 2.52. The lowest BCUT2D eigenvalue weighted by molar-refractivity contribution is 0.112. The van der Waals surface area contributed by atoms with Crippen LogP contribution in [0.3, 0.4) is 0 Å². The quantitative estimate of drug-likeness (QED) is 0.454. The largest absolute Gasteiger partial charge is 0.489 e. The second-order valence-corrected chi connectivity index (χ2v) is 5.16. The highest BCUT2D eigenvalue weighted by Gasteiger charge is 2.01. The molecule has 0 unspecified atom stereocenters. The summed E-state index contributed by atoms with van der Waals surface area (Å²) in [5.41, 5.74) is 3.42. The third kappa shape index (κ3) is 6.43. The van der Waals surface area contributed by atoms with Crippen molar-refractivity contribution in [1.82, 2.24) is 0 Å². The number of ether oxygens (including phenoxy) is 1. The third-order valence-corrected chi connectivity index (χ3v) is 3.17. The van der Waals surface area contributed by atoms with Gasteiger partial charge in [-0.25, -0.2) is 0 Å². The summed E-state index contributed by atoms with van der Waals surface area (Å²) < 4.78 is 5.68. The molecule has 0 radical (unpaired) electrons. The number of terminal acetylenes is 1. The molecule has 116 valence electrons. The van der Waals surface area contributed by atoms with Gasteiger partial charge in [0.05, 0.1) is 6.61 Å². The Bertz CT molecular complexity index is 604. The summed E-state index contributed by atoms with van der Waals surface area (Å²) in [6.45, 7) is 4.54. The van der Waals surface area contributed by atoms with Crippen molar-refractivity contribution < 1.29 is 14.6 Å². The fourth-order valence-corrected chi connectivity index (χ4v) is 1.92. The van der Waals surface area contributed by atoms with Crippen LogP contribution >= 0.6 is 0 Å². The van der Waals surface area contributed by atoms with E-state index >= 15 is 0 Å². The van der Waals surface area contributed by atoms with Gasteiger partial charge in [0.15, 0.2) is 0 Å². The molecule has 1 N–H and O–H groups in total. The molecule has 1 rings (SSSR count). The molecule has 0 atom stereocenters. The zero-order valence-electron chi connectivity index (χ0n) is 13.1. The van der Waals surface area contributed by atoms with Crippen LogP contribution in [-0.4, -0.2) is 24.6 Å². The number of carbonyl (C=O) groups is 1. The van der Waals surface area contributed by atoms with Crippen molar-refractivity contribution in [2.24, 2.45) is 0 Å². The number of rotatable bonds is 8. The van der Waals surface area contributed by atoms with Crippen LogP contribution in [0.5, 0.6) is 5.75 Å². The van der Waals surface area contributed by atoms with Gasteiger partial charge in [-0.1, -0.05) is 23.6 Å². The van der Waals surface area contributed by atoms with E-state index in [4.69, 9.17) is 16.3 Å². The zero-order chi connectivity index (χ0) is 16.4. The lowest BCUT2D eigenvalue weighted by Crippen LogP contribution is -2.00. The van der Waals surface area contributed by atoms with E-state index in [1.165, 1.54) is 5.57 Å². The van der Waals surface area contributed by atoms with Crippen LogP contribution in [0.2, 0.25) is 0 Å². The van der Waals surface area contributed by atoms with E-state index in [0.717, 1.165) is 24.7 Å². The molecule has 0 heterocycles. The number of hydrogen-bond acceptors (Lipinski definition) is 3. The van der Waals surface area contributed by atoms with E-state index in [1.807, 2.05) is 19.9 Å². The Morgan fingerprint density at radius 2 is 2.05 bits per heavy atom. The van der Waals surface area contributed by atoms with Gasteiger partial charge in [0.1, 0.15) is 18.6 Å². The van der Waals surface area contributed by atoms with Gasteiger partial charge in [0, 0.05) is 11.1 Å². The first-order valence-electron chi connectivity index (χ1n) is 7.21. The van der Waals surface area contributed by atoms with Gasteiger partial charge in [-0.3, -0.25) is 4.79 Å². The average molecular weight is 298 g/mol. The molecule has 1 aromatic carbocycles. The monoisotopic (exact) mass is 298 g/mol. The lowest BCUT2D eigenvalue weighted by Gasteiger charge is -2.08. The normalized spacial score (nSPS) is 11.9. The van der Waals surface area contributed by atoms with Crippen LogP contribution in [0, 0.1) is 12.3 Å². The maximum atomic E-state index is 10.9. The van der Waals surface area contributed by atoms with Crippen molar-refractivity contribution in [3.63, 3.8) is 0 Å². The molecule has 0 bridgehead atoms. The van der Waals surface area contributed by atoms with Crippen LogP contribution in [0.1, 0.15) is 42.6 Å². The molecule has 0 aliphatic heterocycles. The minimum absolute atomic E-state index is 0.0855. The fraction of sp³-hybridized carbons (Fsp3) is 0.316. The molecule has 0 aliphatic carbocycles. The number of benzene rings is 1. The fourth-order valence-electron chi connectivity index (χ4n) is 1.92. The predicted octanol–water partition coefficient (Wildman–Crippen LogP) is 3.52. The number of allylic oxidation sites excluding steroid dienone is 2. The van der Waals surface area contributed by atoms with Gasteiger partial charge < -0.3 is 9.84 Å².